The van der Waals surface area contributed by atoms with E-state index in [1.165, 1.54) is 5.56 Å². The Morgan fingerprint density at radius 3 is 2.78 bits per heavy atom. The van der Waals surface area contributed by atoms with Gasteiger partial charge in [-0.2, -0.15) is 0 Å². The van der Waals surface area contributed by atoms with Gasteiger partial charge in [-0.25, -0.2) is 0 Å². The number of benzene rings is 1. The summed E-state index contributed by atoms with van der Waals surface area (Å²) in [4.78, 5) is 11.4. The van der Waals surface area contributed by atoms with E-state index in [1.54, 1.807) is 0 Å². The van der Waals surface area contributed by atoms with E-state index in [0.717, 1.165) is 12.8 Å². The molecule has 1 amide bonds. The molecule has 1 unspecified atom stereocenters. The summed E-state index contributed by atoms with van der Waals surface area (Å²) in [7, 11) is 0. The molecule has 4 heteroatoms. The van der Waals surface area contributed by atoms with E-state index < -0.39 is 0 Å². The van der Waals surface area contributed by atoms with Gasteiger partial charge >= 0.3 is 0 Å². The molecular formula is C14H22N2O2. The largest absolute Gasteiger partial charge is 0.371 e. The normalized spacial score (nSPS) is 12.1. The fourth-order valence-corrected chi connectivity index (χ4v) is 1.49. The van der Waals surface area contributed by atoms with Crippen molar-refractivity contribution in [1.29, 1.82) is 0 Å². The van der Waals surface area contributed by atoms with Gasteiger partial charge in [0.1, 0.15) is 6.61 Å². The molecule has 0 aromatic heterocycles. The summed E-state index contributed by atoms with van der Waals surface area (Å²) in [5.41, 5.74) is 6.80. The predicted molar refractivity (Wildman–Crippen MR) is 72.2 cm³/mol. The Hall–Kier alpha value is -1.39. The Kier molecular flexibility index (Phi) is 7.06. The first-order valence-corrected chi connectivity index (χ1v) is 6.32. The van der Waals surface area contributed by atoms with Gasteiger partial charge in [-0.05, 0) is 25.3 Å². The highest BCUT2D eigenvalue weighted by molar-refractivity contribution is 5.77. The van der Waals surface area contributed by atoms with Crippen LogP contribution < -0.4 is 11.1 Å². The predicted octanol–water partition coefficient (Wildman–Crippen LogP) is 1.10. The van der Waals surface area contributed by atoms with Crippen LogP contribution in [-0.2, 0) is 16.0 Å². The van der Waals surface area contributed by atoms with Crippen molar-refractivity contribution in [2.24, 2.45) is 5.73 Å². The van der Waals surface area contributed by atoms with Gasteiger partial charge < -0.3 is 15.8 Å². The monoisotopic (exact) mass is 250 g/mol. The van der Waals surface area contributed by atoms with Crippen LogP contribution in [0.15, 0.2) is 30.3 Å². The molecule has 0 aliphatic carbocycles. The highest BCUT2D eigenvalue weighted by atomic mass is 16.5. The van der Waals surface area contributed by atoms with Crippen LogP contribution in [0.1, 0.15) is 18.9 Å². The van der Waals surface area contributed by atoms with Crippen molar-refractivity contribution in [3.8, 4) is 0 Å². The maximum absolute atomic E-state index is 11.4. The lowest BCUT2D eigenvalue weighted by molar-refractivity contribution is -0.125. The lowest BCUT2D eigenvalue weighted by Gasteiger charge is -2.08. The van der Waals surface area contributed by atoms with Gasteiger partial charge in [0.2, 0.25) is 5.91 Å². The molecule has 1 rings (SSSR count). The first kappa shape index (κ1) is 14.7. The van der Waals surface area contributed by atoms with Crippen LogP contribution in [-0.4, -0.2) is 31.7 Å². The molecule has 0 saturated carbocycles. The van der Waals surface area contributed by atoms with Gasteiger partial charge in [-0.3, -0.25) is 4.79 Å². The summed E-state index contributed by atoms with van der Waals surface area (Å²) in [5.74, 6) is -0.0799. The number of rotatable bonds is 8. The summed E-state index contributed by atoms with van der Waals surface area (Å²) in [6, 6.07) is 10.2. The first-order valence-electron chi connectivity index (χ1n) is 6.32. The quantitative estimate of drug-likeness (QED) is 0.679. The number of hydrogen-bond donors (Lipinski definition) is 2. The number of nitrogens with two attached hydrogens (primary N) is 1. The number of nitrogens with one attached hydrogen (secondary N) is 1. The Labute approximate surface area is 109 Å². The van der Waals surface area contributed by atoms with Crippen LogP contribution >= 0.6 is 0 Å². The number of carbonyl (C=O) groups excluding carboxylic acids is 1. The van der Waals surface area contributed by atoms with E-state index >= 15 is 0 Å². The van der Waals surface area contributed by atoms with Gasteiger partial charge in [0.25, 0.3) is 0 Å². The molecule has 0 fully saturated rings. The molecule has 1 atom stereocenters. The molecule has 100 valence electrons. The molecule has 0 heterocycles. The van der Waals surface area contributed by atoms with Crippen molar-refractivity contribution in [1.82, 2.24) is 5.32 Å². The van der Waals surface area contributed by atoms with Crippen molar-refractivity contribution in [2.45, 2.75) is 25.8 Å². The minimum atomic E-state index is -0.0799. The molecule has 0 bridgehead atoms. The van der Waals surface area contributed by atoms with E-state index in [0.29, 0.717) is 13.2 Å². The molecule has 0 spiro atoms. The van der Waals surface area contributed by atoms with Crippen molar-refractivity contribution in [3.05, 3.63) is 35.9 Å². The van der Waals surface area contributed by atoms with Gasteiger partial charge in [0.05, 0.1) is 6.61 Å². The third kappa shape index (κ3) is 7.04. The molecule has 0 saturated heterocycles. The molecule has 18 heavy (non-hydrogen) atoms. The minimum Gasteiger partial charge on any atom is -0.371 e. The lowest BCUT2D eigenvalue weighted by atomic mass is 10.2. The zero-order valence-electron chi connectivity index (χ0n) is 10.9. The zero-order valence-corrected chi connectivity index (χ0v) is 10.9. The van der Waals surface area contributed by atoms with E-state index in [9.17, 15) is 4.79 Å². The molecule has 0 radical (unpaired) electrons. The van der Waals surface area contributed by atoms with E-state index in [4.69, 9.17) is 10.5 Å². The number of ether oxygens (including phenoxy) is 1. The molecule has 1 aromatic rings. The van der Waals surface area contributed by atoms with Crippen molar-refractivity contribution in [2.75, 3.05) is 19.8 Å². The van der Waals surface area contributed by atoms with Crippen LogP contribution in [0.2, 0.25) is 0 Å². The fraction of sp³-hybridized carbons (Fsp3) is 0.500. The van der Waals surface area contributed by atoms with Crippen molar-refractivity contribution < 1.29 is 9.53 Å². The summed E-state index contributed by atoms with van der Waals surface area (Å²) < 4.78 is 5.31. The summed E-state index contributed by atoms with van der Waals surface area (Å²) >= 11 is 0. The lowest BCUT2D eigenvalue weighted by Crippen LogP contribution is -2.31. The highest BCUT2D eigenvalue weighted by Crippen LogP contribution is 1.99. The molecule has 0 aliphatic heterocycles. The third-order valence-electron chi connectivity index (χ3n) is 2.53. The second kappa shape index (κ2) is 8.66. The summed E-state index contributed by atoms with van der Waals surface area (Å²) in [6.07, 6.45) is 1.61. The Balaban J connectivity index is 2.02. The smallest absolute Gasteiger partial charge is 0.245 e. The molecule has 4 nitrogen and oxygen atoms in total. The van der Waals surface area contributed by atoms with Crippen molar-refractivity contribution in [3.63, 3.8) is 0 Å². The Morgan fingerprint density at radius 2 is 2.11 bits per heavy atom. The number of carbonyl (C=O) groups is 1. The first-order chi connectivity index (χ1) is 8.68. The zero-order chi connectivity index (χ0) is 13.2. The second-order valence-corrected chi connectivity index (χ2v) is 4.40. The Bertz CT molecular complexity index is 339. The average molecular weight is 250 g/mol. The Morgan fingerprint density at radius 1 is 1.39 bits per heavy atom. The van der Waals surface area contributed by atoms with E-state index in [1.807, 2.05) is 37.3 Å². The van der Waals surface area contributed by atoms with Gasteiger partial charge in [-0.1, -0.05) is 30.3 Å². The maximum atomic E-state index is 11.4. The van der Waals surface area contributed by atoms with E-state index in [2.05, 4.69) is 5.32 Å². The average Bonchev–Trinajstić information content (AvgIpc) is 2.35. The standard InChI is InChI=1S/C14H22N2O2/c1-12(15)7-9-16-14(17)11-18-10-8-13-5-3-2-4-6-13/h2-6,12H,7-11,15H2,1H3,(H,16,17). The van der Waals surface area contributed by atoms with E-state index in [-0.39, 0.29) is 18.6 Å². The van der Waals surface area contributed by atoms with Crippen LogP contribution in [0.5, 0.6) is 0 Å². The summed E-state index contributed by atoms with van der Waals surface area (Å²) in [6.45, 7) is 3.21. The molecule has 0 aliphatic rings. The number of hydrogen-bond acceptors (Lipinski definition) is 3. The molecule has 1 aromatic carbocycles. The van der Waals surface area contributed by atoms with Gasteiger partial charge in [0.15, 0.2) is 0 Å². The maximum Gasteiger partial charge on any atom is 0.245 e. The third-order valence-corrected chi connectivity index (χ3v) is 2.53. The highest BCUT2D eigenvalue weighted by Gasteiger charge is 2.01. The topological polar surface area (TPSA) is 64.3 Å². The summed E-state index contributed by atoms with van der Waals surface area (Å²) in [5, 5.41) is 2.77. The van der Waals surface area contributed by atoms with Crippen LogP contribution in [0.25, 0.3) is 0 Å². The van der Waals surface area contributed by atoms with Crippen LogP contribution in [0.4, 0.5) is 0 Å². The fourth-order valence-electron chi connectivity index (χ4n) is 1.49. The van der Waals surface area contributed by atoms with Crippen molar-refractivity contribution >= 4 is 5.91 Å². The van der Waals surface area contributed by atoms with Gasteiger partial charge in [0, 0.05) is 12.6 Å². The second-order valence-electron chi connectivity index (χ2n) is 4.40. The minimum absolute atomic E-state index is 0.0799. The van der Waals surface area contributed by atoms with Gasteiger partial charge in [-0.15, -0.1) is 0 Å². The molecular weight excluding hydrogens is 228 g/mol. The molecule has 3 N–H and O–H groups in total. The van der Waals surface area contributed by atoms with Crippen LogP contribution in [0, 0.1) is 0 Å². The SMILES string of the molecule is CC(N)CCNC(=O)COCCc1ccccc1. The van der Waals surface area contributed by atoms with Crippen LogP contribution in [0.3, 0.4) is 0 Å². The number of amides is 1.